The number of alkyl carbamates (subject to hydrolysis) is 1. The molecule has 24 heteroatoms. The number of carbonyl (C=O) groups is 2. The van der Waals surface area contributed by atoms with Crippen molar-refractivity contribution in [1.29, 1.82) is 0 Å². The Morgan fingerprint density at radius 3 is 2.50 bits per heavy atom. The number of rotatable bonds is 14. The van der Waals surface area contributed by atoms with Crippen molar-refractivity contribution in [2.75, 3.05) is 25.5 Å². The largest absolute Gasteiger partial charge is 0.490 e. The van der Waals surface area contributed by atoms with E-state index in [1.165, 1.54) is 10.9 Å². The van der Waals surface area contributed by atoms with Gasteiger partial charge in [-0.15, -0.1) is 0 Å². The van der Waals surface area contributed by atoms with Crippen LogP contribution in [0.5, 0.6) is 0 Å². The smallest absolute Gasteiger partial charge is 0.464 e. The summed E-state index contributed by atoms with van der Waals surface area (Å²) < 4.78 is 63.7. The van der Waals surface area contributed by atoms with Crippen molar-refractivity contribution >= 4 is 52.4 Å². The molecule has 48 heavy (non-hydrogen) atoms. The van der Waals surface area contributed by atoms with Crippen molar-refractivity contribution in [1.82, 2.24) is 19.9 Å². The summed E-state index contributed by atoms with van der Waals surface area (Å²) in [6.07, 6.45) is -0.0340. The molecule has 0 bridgehead atoms. The van der Waals surface area contributed by atoms with E-state index < -0.39 is 66.2 Å². The van der Waals surface area contributed by atoms with Crippen LogP contribution in [0.3, 0.4) is 0 Å². The molecule has 2 aromatic heterocycles. The molecule has 3 unspecified atom stereocenters. The average Bonchev–Trinajstić information content (AvgIpc) is 3.48. The third-order valence-electron chi connectivity index (χ3n) is 5.93. The van der Waals surface area contributed by atoms with Gasteiger partial charge in [-0.1, -0.05) is 11.8 Å². The van der Waals surface area contributed by atoms with Crippen LogP contribution in [-0.4, -0.2) is 88.8 Å². The molecule has 3 rings (SSSR count). The number of unbranched alkanes of at least 4 members (excludes halogenated alkanes) is 2. The highest BCUT2D eigenvalue weighted by molar-refractivity contribution is 7.66. The second kappa shape index (κ2) is 16.2. The number of fused-ring (bicyclic) bond motifs is 1. The van der Waals surface area contributed by atoms with E-state index in [1.54, 1.807) is 27.0 Å². The molecule has 0 aliphatic carbocycles. The maximum absolute atomic E-state index is 12.1. The molecule has 1 aliphatic rings. The summed E-state index contributed by atoms with van der Waals surface area (Å²) in [6.45, 7) is 4.01. The summed E-state index contributed by atoms with van der Waals surface area (Å²) in [5, 5.41) is 13.2. The average molecular weight is 743 g/mol. The molecule has 8 N–H and O–H groups in total. The summed E-state index contributed by atoms with van der Waals surface area (Å²) in [6, 6.07) is 0. The topological polar surface area (TPSA) is 311 Å². The van der Waals surface area contributed by atoms with Crippen LogP contribution in [0.25, 0.3) is 11.0 Å². The molecule has 1 saturated heterocycles. The first-order valence-corrected chi connectivity index (χ1v) is 18.5. The molecule has 1 aliphatic heterocycles. The molecular formula is C24H36N5O16P3. The lowest BCUT2D eigenvalue weighted by Gasteiger charge is -2.19. The van der Waals surface area contributed by atoms with E-state index in [0.29, 0.717) is 35.9 Å². The number of esters is 1. The lowest BCUT2D eigenvalue weighted by molar-refractivity contribution is -0.142. The van der Waals surface area contributed by atoms with E-state index in [1.807, 2.05) is 0 Å². The molecule has 0 radical (unpaired) electrons. The zero-order chi connectivity index (χ0) is 35.9. The predicted molar refractivity (Wildman–Crippen MR) is 162 cm³/mol. The van der Waals surface area contributed by atoms with E-state index in [2.05, 4.69) is 40.3 Å². The van der Waals surface area contributed by atoms with Crippen molar-refractivity contribution in [3.05, 3.63) is 18.1 Å². The van der Waals surface area contributed by atoms with E-state index in [9.17, 15) is 38.2 Å². The number of nitrogen functional groups attached to an aromatic ring is 1. The Labute approximate surface area is 273 Å². The van der Waals surface area contributed by atoms with Crippen molar-refractivity contribution < 1.29 is 75.3 Å². The van der Waals surface area contributed by atoms with Crippen molar-refractivity contribution in [2.24, 2.45) is 0 Å². The fraction of sp³-hybridized carbons (Fsp3) is 0.583. The molecule has 0 aromatic carbocycles. The Bertz CT molecular complexity index is 1680. The van der Waals surface area contributed by atoms with Crippen LogP contribution in [-0.2, 0) is 45.8 Å². The Morgan fingerprint density at radius 1 is 1.12 bits per heavy atom. The molecule has 1 fully saturated rings. The van der Waals surface area contributed by atoms with Crippen molar-refractivity contribution in [3.63, 3.8) is 0 Å². The van der Waals surface area contributed by atoms with Gasteiger partial charge in [-0.05, 0) is 33.6 Å². The van der Waals surface area contributed by atoms with Gasteiger partial charge in [0.25, 0.3) is 0 Å². The number of ether oxygens (including phenoxy) is 3. The second-order valence-electron chi connectivity index (χ2n) is 11.1. The third-order valence-corrected chi connectivity index (χ3v) is 9.73. The normalized spacial score (nSPS) is 20.7. The molecule has 0 saturated carbocycles. The fourth-order valence-corrected chi connectivity index (χ4v) is 7.13. The van der Waals surface area contributed by atoms with Crippen LogP contribution < -0.4 is 11.1 Å². The standard InChI is InChI=1S/C24H36N5O16P3/c1-24(2,3)43-23(32)26-11-19(31)40-9-7-5-4-6-8-15-12-29(22-20(15)21(25)27-14-28-22)18-10-16(30)17(42-18)13-41-47(36,37)45-48(38,39)44-46(33,34)35/h12,14,16-18,30H,4-5,7,9-11,13H2,1-3H3,(H,26,32)(H,36,37)(H,38,39)(H2,25,27,28)(H2,33,34,35)/t16?,17-,18-/m1/s1. The first kappa shape index (κ1) is 39.5. The molecule has 268 valence electrons. The SMILES string of the molecule is CC(C)(C)OC(=O)NCC(=O)OCCCCC#Cc1cn([C@H]2CC(O)[C@@H](COP(=O)(O)OP(=O)(O)OP(=O)(O)O)O2)c2ncnc(N)c12. The highest BCUT2D eigenvalue weighted by Gasteiger charge is 2.43. The van der Waals surface area contributed by atoms with E-state index >= 15 is 0 Å². The molecule has 1 amide bonds. The minimum Gasteiger partial charge on any atom is -0.464 e. The van der Waals surface area contributed by atoms with E-state index in [-0.39, 0.29) is 25.4 Å². The zero-order valence-corrected chi connectivity index (χ0v) is 28.5. The van der Waals surface area contributed by atoms with Crippen molar-refractivity contribution in [2.45, 2.75) is 70.5 Å². The van der Waals surface area contributed by atoms with Gasteiger partial charge in [-0.25, -0.2) is 28.5 Å². The minimum atomic E-state index is -5.72. The summed E-state index contributed by atoms with van der Waals surface area (Å²) in [4.78, 5) is 67.9. The van der Waals surface area contributed by atoms with Gasteiger partial charge in [0.15, 0.2) is 0 Å². The summed E-state index contributed by atoms with van der Waals surface area (Å²) in [7, 11) is -16.7. The third kappa shape index (κ3) is 12.8. The predicted octanol–water partition coefficient (Wildman–Crippen LogP) is 1.59. The number of hydrogen-bond acceptors (Lipinski definition) is 15. The van der Waals surface area contributed by atoms with Crippen LogP contribution in [0.4, 0.5) is 10.6 Å². The number of phosphoric ester groups is 1. The number of aliphatic hydroxyl groups is 1. The van der Waals surface area contributed by atoms with Gasteiger partial charge in [0.2, 0.25) is 0 Å². The Balaban J connectivity index is 1.55. The Hall–Kier alpha value is -2.95. The number of carbonyl (C=O) groups excluding carboxylic acids is 2. The maximum atomic E-state index is 12.1. The van der Waals surface area contributed by atoms with Crippen LogP contribution in [0.15, 0.2) is 12.5 Å². The van der Waals surface area contributed by atoms with Gasteiger partial charge in [-0.2, -0.15) is 8.62 Å². The fourth-order valence-electron chi connectivity index (χ4n) is 4.10. The number of aliphatic hydroxyl groups excluding tert-OH is 1. The molecule has 0 spiro atoms. The molecule has 5 atom stereocenters. The highest BCUT2D eigenvalue weighted by atomic mass is 31.3. The molecule has 3 heterocycles. The van der Waals surface area contributed by atoms with Crippen LogP contribution >= 0.6 is 23.5 Å². The summed E-state index contributed by atoms with van der Waals surface area (Å²) in [5.41, 5.74) is 6.11. The summed E-state index contributed by atoms with van der Waals surface area (Å²) in [5.74, 6) is 5.46. The van der Waals surface area contributed by atoms with Gasteiger partial charge in [0, 0.05) is 19.0 Å². The molecule has 2 aromatic rings. The van der Waals surface area contributed by atoms with Crippen LogP contribution in [0.2, 0.25) is 0 Å². The lowest BCUT2D eigenvalue weighted by atomic mass is 10.2. The van der Waals surface area contributed by atoms with E-state index in [4.69, 9.17) is 29.7 Å². The number of aromatic nitrogens is 3. The minimum absolute atomic E-state index is 0.0724. The quantitative estimate of drug-likeness (QED) is 0.0625. The summed E-state index contributed by atoms with van der Waals surface area (Å²) >= 11 is 0. The van der Waals surface area contributed by atoms with Gasteiger partial charge in [-0.3, -0.25) is 9.32 Å². The molecule has 21 nitrogen and oxygen atoms in total. The van der Waals surface area contributed by atoms with Gasteiger partial charge < -0.3 is 54.5 Å². The van der Waals surface area contributed by atoms with Gasteiger partial charge in [0.1, 0.15) is 42.3 Å². The first-order chi connectivity index (χ1) is 22.1. The van der Waals surface area contributed by atoms with Gasteiger partial charge in [0.05, 0.1) is 30.3 Å². The number of hydrogen-bond donors (Lipinski definition) is 7. The maximum Gasteiger partial charge on any atom is 0.490 e. The lowest BCUT2D eigenvalue weighted by Crippen LogP contribution is -2.36. The number of amides is 1. The number of nitrogens with two attached hydrogens (primary N) is 1. The highest BCUT2D eigenvalue weighted by Crippen LogP contribution is 2.66. The number of anilines is 1. The zero-order valence-electron chi connectivity index (χ0n) is 25.8. The van der Waals surface area contributed by atoms with Gasteiger partial charge >= 0.3 is 35.5 Å². The molecular weight excluding hydrogens is 707 g/mol. The Morgan fingerprint density at radius 2 is 1.83 bits per heavy atom. The number of phosphoric acid groups is 3. The monoisotopic (exact) mass is 743 g/mol. The van der Waals surface area contributed by atoms with Crippen LogP contribution in [0, 0.1) is 11.8 Å². The van der Waals surface area contributed by atoms with Crippen molar-refractivity contribution in [3.8, 4) is 11.8 Å². The number of nitrogens with zero attached hydrogens (tertiary/aromatic N) is 3. The Kier molecular flexibility index (Phi) is 13.3. The second-order valence-corrected chi connectivity index (χ2v) is 15.5. The number of nitrogens with one attached hydrogen (secondary N) is 1. The van der Waals surface area contributed by atoms with E-state index in [0.717, 1.165) is 0 Å². The first-order valence-electron chi connectivity index (χ1n) is 14.0. The van der Waals surface area contributed by atoms with Crippen LogP contribution in [0.1, 0.15) is 58.2 Å².